The van der Waals surface area contributed by atoms with Gasteiger partial charge in [-0.05, 0) is 23.8 Å². The highest BCUT2D eigenvalue weighted by Crippen LogP contribution is 2.17. The summed E-state index contributed by atoms with van der Waals surface area (Å²) in [7, 11) is 0. The lowest BCUT2D eigenvalue weighted by Gasteiger charge is -2.03. The van der Waals surface area contributed by atoms with Crippen LogP contribution in [0.1, 0.15) is 15.9 Å². The van der Waals surface area contributed by atoms with E-state index in [-0.39, 0.29) is 11.5 Å². The van der Waals surface area contributed by atoms with Crippen molar-refractivity contribution in [1.82, 2.24) is 0 Å². The second-order valence-electron chi connectivity index (χ2n) is 3.53. The van der Waals surface area contributed by atoms with Crippen molar-refractivity contribution in [3.63, 3.8) is 0 Å². The third-order valence-corrected chi connectivity index (χ3v) is 2.35. The van der Waals surface area contributed by atoms with E-state index < -0.39 is 0 Å². The summed E-state index contributed by atoms with van der Waals surface area (Å²) >= 11 is 0. The van der Waals surface area contributed by atoms with Gasteiger partial charge in [-0.15, -0.1) is 0 Å². The fourth-order valence-electron chi connectivity index (χ4n) is 1.52. The van der Waals surface area contributed by atoms with Gasteiger partial charge in [0.2, 0.25) is 0 Å². The number of aromatic hydroxyl groups is 1. The Kier molecular flexibility index (Phi) is 3.01. The predicted octanol–water partition coefficient (Wildman–Crippen LogP) is 2.62. The number of ketones is 1. The molecule has 79 valence electrons. The predicted molar refractivity (Wildman–Crippen MR) is 61.4 cm³/mol. The van der Waals surface area contributed by atoms with E-state index >= 15 is 0 Å². The first-order valence-electron chi connectivity index (χ1n) is 5.03. The van der Waals surface area contributed by atoms with Crippen molar-refractivity contribution >= 4 is 5.78 Å². The molecule has 2 aromatic carbocycles. The molecule has 0 amide bonds. The highest BCUT2D eigenvalue weighted by molar-refractivity contribution is 5.99. The molecule has 0 saturated carbocycles. The number of carbonyl (C=O) groups excluding carboxylic acids is 1. The van der Waals surface area contributed by atoms with Crippen LogP contribution in [-0.4, -0.2) is 10.9 Å². The SMILES string of the molecule is O=C(Cc1ccccc1)c1c[c]ccc1O. The monoisotopic (exact) mass is 211 g/mol. The van der Waals surface area contributed by atoms with Crippen molar-refractivity contribution in [1.29, 1.82) is 0 Å². The Morgan fingerprint density at radius 1 is 1.19 bits per heavy atom. The van der Waals surface area contributed by atoms with Crippen molar-refractivity contribution in [2.24, 2.45) is 0 Å². The van der Waals surface area contributed by atoms with E-state index in [4.69, 9.17) is 0 Å². The van der Waals surface area contributed by atoms with Gasteiger partial charge in [-0.1, -0.05) is 36.4 Å². The number of phenolic OH excluding ortho intramolecular Hbond substituents is 1. The first-order valence-corrected chi connectivity index (χ1v) is 5.03. The molecule has 0 bridgehead atoms. The maximum absolute atomic E-state index is 11.9. The van der Waals surface area contributed by atoms with Crippen LogP contribution in [0.4, 0.5) is 0 Å². The van der Waals surface area contributed by atoms with Crippen molar-refractivity contribution in [2.75, 3.05) is 0 Å². The molecule has 0 saturated heterocycles. The third kappa shape index (κ3) is 2.28. The maximum atomic E-state index is 11.9. The zero-order valence-corrected chi connectivity index (χ0v) is 8.68. The molecule has 0 unspecified atom stereocenters. The molecule has 16 heavy (non-hydrogen) atoms. The van der Waals surface area contributed by atoms with Crippen molar-refractivity contribution < 1.29 is 9.90 Å². The van der Waals surface area contributed by atoms with E-state index in [1.165, 1.54) is 12.1 Å². The average molecular weight is 211 g/mol. The Balaban J connectivity index is 2.19. The van der Waals surface area contributed by atoms with Gasteiger partial charge in [0.25, 0.3) is 0 Å². The maximum Gasteiger partial charge on any atom is 0.170 e. The fraction of sp³-hybridized carbons (Fsp3) is 0.0714. The average Bonchev–Trinajstić information content (AvgIpc) is 2.31. The summed E-state index contributed by atoms with van der Waals surface area (Å²) in [5.41, 5.74) is 1.27. The largest absolute Gasteiger partial charge is 0.507 e. The van der Waals surface area contributed by atoms with Crippen molar-refractivity contribution in [3.8, 4) is 5.75 Å². The first kappa shape index (κ1) is 10.4. The normalized spacial score (nSPS) is 10.0. The van der Waals surface area contributed by atoms with Gasteiger partial charge in [-0.3, -0.25) is 4.79 Å². The molecule has 1 radical (unpaired) electrons. The number of hydrogen-bond donors (Lipinski definition) is 1. The summed E-state index contributed by atoms with van der Waals surface area (Å²) in [4.78, 5) is 11.9. The van der Waals surface area contributed by atoms with Crippen LogP contribution in [0.5, 0.6) is 5.75 Å². The van der Waals surface area contributed by atoms with Crippen molar-refractivity contribution in [2.45, 2.75) is 6.42 Å². The summed E-state index contributed by atoms with van der Waals surface area (Å²) in [6, 6.07) is 16.8. The summed E-state index contributed by atoms with van der Waals surface area (Å²) in [6.07, 6.45) is 0.298. The lowest BCUT2D eigenvalue weighted by Crippen LogP contribution is -2.03. The molecular weight excluding hydrogens is 200 g/mol. The number of rotatable bonds is 3. The van der Waals surface area contributed by atoms with E-state index in [0.717, 1.165) is 5.56 Å². The van der Waals surface area contributed by atoms with E-state index in [1.807, 2.05) is 30.3 Å². The van der Waals surface area contributed by atoms with Crippen LogP contribution >= 0.6 is 0 Å². The summed E-state index contributed by atoms with van der Waals surface area (Å²) < 4.78 is 0. The highest BCUT2D eigenvalue weighted by Gasteiger charge is 2.10. The van der Waals surface area contributed by atoms with Gasteiger partial charge in [-0.2, -0.15) is 0 Å². The smallest absolute Gasteiger partial charge is 0.170 e. The van der Waals surface area contributed by atoms with Crippen LogP contribution in [0.15, 0.2) is 48.5 Å². The van der Waals surface area contributed by atoms with Gasteiger partial charge < -0.3 is 5.11 Å². The van der Waals surface area contributed by atoms with E-state index in [9.17, 15) is 9.90 Å². The summed E-state index contributed by atoms with van der Waals surface area (Å²) in [5, 5.41) is 9.52. The molecule has 0 aliphatic rings. The van der Waals surface area contributed by atoms with Gasteiger partial charge in [0.15, 0.2) is 5.78 Å². The third-order valence-electron chi connectivity index (χ3n) is 2.35. The second-order valence-corrected chi connectivity index (χ2v) is 3.53. The van der Waals surface area contributed by atoms with Crippen LogP contribution in [0.2, 0.25) is 0 Å². The van der Waals surface area contributed by atoms with Gasteiger partial charge in [-0.25, -0.2) is 0 Å². The Bertz CT molecular complexity index is 489. The molecule has 2 aromatic rings. The van der Waals surface area contributed by atoms with Gasteiger partial charge in [0, 0.05) is 6.42 Å². The van der Waals surface area contributed by atoms with E-state index in [2.05, 4.69) is 6.07 Å². The molecule has 1 N–H and O–H groups in total. The lowest BCUT2D eigenvalue weighted by atomic mass is 10.0. The minimum Gasteiger partial charge on any atom is -0.507 e. The zero-order valence-electron chi connectivity index (χ0n) is 8.68. The number of carbonyl (C=O) groups is 1. The van der Waals surface area contributed by atoms with Gasteiger partial charge >= 0.3 is 0 Å². The minimum absolute atomic E-state index is 0.0136. The molecule has 0 heterocycles. The Labute approximate surface area is 94.2 Å². The molecular formula is C14H11O2. The molecule has 0 aliphatic heterocycles. The number of Topliss-reactive ketones (excluding diaryl/α,β-unsaturated/α-hetero) is 1. The van der Waals surface area contributed by atoms with Crippen LogP contribution in [-0.2, 0) is 6.42 Å². The molecule has 0 spiro atoms. The van der Waals surface area contributed by atoms with Crippen LogP contribution in [0.3, 0.4) is 0 Å². The van der Waals surface area contributed by atoms with Crippen LogP contribution in [0, 0.1) is 6.07 Å². The molecule has 2 heteroatoms. The Morgan fingerprint density at radius 3 is 2.62 bits per heavy atom. The van der Waals surface area contributed by atoms with Gasteiger partial charge in [0.1, 0.15) is 5.75 Å². The fourth-order valence-corrected chi connectivity index (χ4v) is 1.52. The van der Waals surface area contributed by atoms with Gasteiger partial charge in [0.05, 0.1) is 5.56 Å². The molecule has 0 aromatic heterocycles. The number of phenols is 1. The van der Waals surface area contributed by atoms with Crippen molar-refractivity contribution in [3.05, 3.63) is 65.7 Å². The summed E-state index contributed by atoms with van der Waals surface area (Å²) in [5.74, 6) is -0.0831. The van der Waals surface area contributed by atoms with Crippen LogP contribution in [0.25, 0.3) is 0 Å². The lowest BCUT2D eigenvalue weighted by molar-refractivity contribution is 0.0990. The number of benzene rings is 2. The minimum atomic E-state index is -0.0967. The standard InChI is InChI=1S/C14H11O2/c15-13-9-5-4-8-12(13)14(16)10-11-6-2-1-3-7-11/h1-3,5-9,15H,10H2. The molecule has 0 fully saturated rings. The molecule has 2 rings (SSSR count). The summed E-state index contributed by atoms with van der Waals surface area (Å²) in [6.45, 7) is 0. The molecule has 2 nitrogen and oxygen atoms in total. The first-order chi connectivity index (χ1) is 7.77. The Morgan fingerprint density at radius 2 is 1.94 bits per heavy atom. The van der Waals surface area contributed by atoms with Crippen LogP contribution < -0.4 is 0 Å². The molecule has 0 atom stereocenters. The zero-order chi connectivity index (χ0) is 11.4. The highest BCUT2D eigenvalue weighted by atomic mass is 16.3. The number of hydrogen-bond acceptors (Lipinski definition) is 2. The molecule has 0 aliphatic carbocycles. The van der Waals surface area contributed by atoms with E-state index in [1.54, 1.807) is 6.07 Å². The second kappa shape index (κ2) is 4.62. The van der Waals surface area contributed by atoms with E-state index in [0.29, 0.717) is 12.0 Å². The Hall–Kier alpha value is -2.09. The topological polar surface area (TPSA) is 37.3 Å². The quantitative estimate of drug-likeness (QED) is 0.792.